The van der Waals surface area contributed by atoms with E-state index in [9.17, 15) is 4.79 Å². The average molecular weight is 278 g/mol. The van der Waals surface area contributed by atoms with Crippen LogP contribution in [0.1, 0.15) is 66.7 Å². The lowest BCUT2D eigenvalue weighted by Gasteiger charge is -2.36. The standard InChI is InChI=1S/C18H30O2/c1-6-7-10-17(19)20-15(3)11-12-16-14(2)9-8-13-18(16,4)5/h9,11-12,15-16H,6-8,10,13H2,1-5H3. The smallest absolute Gasteiger partial charge is 0.306 e. The van der Waals surface area contributed by atoms with E-state index in [1.807, 2.05) is 13.0 Å². The van der Waals surface area contributed by atoms with Gasteiger partial charge in [0, 0.05) is 12.3 Å². The average Bonchev–Trinajstić information content (AvgIpc) is 2.34. The van der Waals surface area contributed by atoms with Gasteiger partial charge in [-0.25, -0.2) is 0 Å². The Morgan fingerprint density at radius 2 is 2.25 bits per heavy atom. The van der Waals surface area contributed by atoms with Crippen LogP contribution in [0.3, 0.4) is 0 Å². The maximum atomic E-state index is 11.6. The van der Waals surface area contributed by atoms with Crippen molar-refractivity contribution in [2.24, 2.45) is 11.3 Å². The minimum absolute atomic E-state index is 0.0841. The Kier molecular flexibility index (Phi) is 6.51. The Labute approximate surface area is 124 Å². The number of unbranched alkanes of at least 4 members (excludes halogenated alkanes) is 1. The van der Waals surface area contributed by atoms with Gasteiger partial charge in [0.1, 0.15) is 6.10 Å². The monoisotopic (exact) mass is 278 g/mol. The number of rotatable bonds is 6. The van der Waals surface area contributed by atoms with E-state index in [1.165, 1.54) is 18.4 Å². The van der Waals surface area contributed by atoms with E-state index in [4.69, 9.17) is 4.74 Å². The number of ether oxygens (including phenoxy) is 1. The topological polar surface area (TPSA) is 26.3 Å². The number of carbonyl (C=O) groups excluding carboxylic acids is 1. The van der Waals surface area contributed by atoms with Crippen molar-refractivity contribution >= 4 is 5.97 Å². The van der Waals surface area contributed by atoms with Crippen molar-refractivity contribution in [2.45, 2.75) is 72.8 Å². The first-order valence-electron chi connectivity index (χ1n) is 7.91. The summed E-state index contributed by atoms with van der Waals surface area (Å²) < 4.78 is 5.40. The molecule has 20 heavy (non-hydrogen) atoms. The molecule has 1 rings (SSSR count). The molecular weight excluding hydrogens is 248 g/mol. The van der Waals surface area contributed by atoms with E-state index in [0.717, 1.165) is 12.8 Å². The van der Waals surface area contributed by atoms with Crippen LogP contribution >= 0.6 is 0 Å². The van der Waals surface area contributed by atoms with Gasteiger partial charge in [-0.1, -0.05) is 44.9 Å². The van der Waals surface area contributed by atoms with Gasteiger partial charge >= 0.3 is 5.97 Å². The lowest BCUT2D eigenvalue weighted by Crippen LogP contribution is -2.26. The van der Waals surface area contributed by atoms with Gasteiger partial charge in [-0.3, -0.25) is 4.79 Å². The predicted molar refractivity (Wildman–Crippen MR) is 84.5 cm³/mol. The zero-order valence-corrected chi connectivity index (χ0v) is 13.7. The third-order valence-electron chi connectivity index (χ3n) is 4.21. The molecule has 0 amide bonds. The first-order chi connectivity index (χ1) is 9.36. The molecule has 0 spiro atoms. The number of hydrogen-bond acceptors (Lipinski definition) is 2. The zero-order chi connectivity index (χ0) is 15.2. The molecule has 2 atom stereocenters. The largest absolute Gasteiger partial charge is 0.458 e. The summed E-state index contributed by atoms with van der Waals surface area (Å²) in [4.78, 5) is 11.6. The van der Waals surface area contributed by atoms with Crippen molar-refractivity contribution < 1.29 is 9.53 Å². The normalized spacial score (nSPS) is 23.4. The molecule has 0 heterocycles. The molecule has 2 nitrogen and oxygen atoms in total. The number of allylic oxidation sites excluding steroid dienone is 3. The van der Waals surface area contributed by atoms with Crippen LogP contribution in [0.4, 0.5) is 0 Å². The molecule has 0 N–H and O–H groups in total. The fourth-order valence-electron chi connectivity index (χ4n) is 2.88. The fraction of sp³-hybridized carbons (Fsp3) is 0.722. The molecule has 0 fully saturated rings. The van der Waals surface area contributed by atoms with Crippen molar-refractivity contribution in [1.29, 1.82) is 0 Å². The lowest BCUT2D eigenvalue weighted by molar-refractivity contribution is -0.146. The second-order valence-corrected chi connectivity index (χ2v) is 6.64. The van der Waals surface area contributed by atoms with E-state index in [-0.39, 0.29) is 12.1 Å². The van der Waals surface area contributed by atoms with Gasteiger partial charge in [-0.05, 0) is 44.6 Å². The molecule has 0 aromatic rings. The molecular formula is C18H30O2. The van der Waals surface area contributed by atoms with Gasteiger partial charge in [-0.2, -0.15) is 0 Å². The summed E-state index contributed by atoms with van der Waals surface area (Å²) in [7, 11) is 0. The van der Waals surface area contributed by atoms with Gasteiger partial charge in [0.2, 0.25) is 0 Å². The number of hydrogen-bond donors (Lipinski definition) is 0. The second kappa shape index (κ2) is 7.66. The highest BCUT2D eigenvalue weighted by Gasteiger charge is 2.30. The summed E-state index contributed by atoms with van der Waals surface area (Å²) >= 11 is 0. The molecule has 0 radical (unpaired) electrons. The molecule has 0 aromatic heterocycles. The highest BCUT2D eigenvalue weighted by atomic mass is 16.5. The van der Waals surface area contributed by atoms with E-state index in [2.05, 4.69) is 39.8 Å². The van der Waals surface area contributed by atoms with E-state index in [1.54, 1.807) is 0 Å². The molecule has 1 aliphatic rings. The van der Waals surface area contributed by atoms with Gasteiger partial charge in [-0.15, -0.1) is 0 Å². The third-order valence-corrected chi connectivity index (χ3v) is 4.21. The Morgan fingerprint density at radius 3 is 2.85 bits per heavy atom. The molecule has 0 aromatic carbocycles. The summed E-state index contributed by atoms with van der Waals surface area (Å²) in [5.41, 5.74) is 1.73. The molecule has 0 saturated carbocycles. The second-order valence-electron chi connectivity index (χ2n) is 6.64. The van der Waals surface area contributed by atoms with Crippen LogP contribution in [0, 0.1) is 11.3 Å². The molecule has 2 unspecified atom stereocenters. The first kappa shape index (κ1) is 17.0. The van der Waals surface area contributed by atoms with Crippen LogP contribution in [0.15, 0.2) is 23.8 Å². The minimum atomic E-state index is -0.134. The van der Waals surface area contributed by atoms with Crippen LogP contribution in [0.5, 0.6) is 0 Å². The molecule has 2 heteroatoms. The SMILES string of the molecule is CCCCC(=O)OC(C)C=CC1C(C)=CCCC1(C)C. The predicted octanol–water partition coefficient (Wildman–Crippen LogP) is 5.05. The van der Waals surface area contributed by atoms with Gasteiger partial charge in [0.05, 0.1) is 0 Å². The zero-order valence-electron chi connectivity index (χ0n) is 13.7. The quantitative estimate of drug-likeness (QED) is 0.502. The number of esters is 1. The third kappa shape index (κ3) is 5.15. The van der Waals surface area contributed by atoms with Gasteiger partial charge < -0.3 is 4.74 Å². The number of carbonyl (C=O) groups is 1. The van der Waals surface area contributed by atoms with Crippen molar-refractivity contribution in [3.63, 3.8) is 0 Å². The van der Waals surface area contributed by atoms with E-state index < -0.39 is 0 Å². The van der Waals surface area contributed by atoms with Crippen LogP contribution in [-0.4, -0.2) is 12.1 Å². The summed E-state index contributed by atoms with van der Waals surface area (Å²) in [6.07, 6.45) is 11.3. The van der Waals surface area contributed by atoms with E-state index in [0.29, 0.717) is 17.8 Å². The summed E-state index contributed by atoms with van der Waals surface area (Å²) in [5.74, 6) is 0.368. The van der Waals surface area contributed by atoms with E-state index >= 15 is 0 Å². The Morgan fingerprint density at radius 1 is 1.55 bits per heavy atom. The summed E-state index contributed by atoms with van der Waals surface area (Å²) in [5, 5.41) is 0. The highest BCUT2D eigenvalue weighted by molar-refractivity contribution is 5.69. The Bertz CT molecular complexity index is 377. The van der Waals surface area contributed by atoms with Crippen LogP contribution in [-0.2, 0) is 9.53 Å². The van der Waals surface area contributed by atoms with Crippen LogP contribution in [0.25, 0.3) is 0 Å². The van der Waals surface area contributed by atoms with Crippen molar-refractivity contribution in [3.05, 3.63) is 23.8 Å². The maximum absolute atomic E-state index is 11.6. The van der Waals surface area contributed by atoms with Crippen LogP contribution < -0.4 is 0 Å². The summed E-state index contributed by atoms with van der Waals surface area (Å²) in [6, 6.07) is 0. The first-order valence-corrected chi connectivity index (χ1v) is 7.91. The van der Waals surface area contributed by atoms with Crippen molar-refractivity contribution in [1.82, 2.24) is 0 Å². The molecule has 114 valence electrons. The summed E-state index contributed by atoms with van der Waals surface area (Å²) in [6.45, 7) is 10.9. The molecule has 1 aliphatic carbocycles. The molecule has 0 saturated heterocycles. The fourth-order valence-corrected chi connectivity index (χ4v) is 2.88. The maximum Gasteiger partial charge on any atom is 0.306 e. The Balaban J connectivity index is 2.55. The molecule has 0 aliphatic heterocycles. The van der Waals surface area contributed by atoms with Gasteiger partial charge in [0.15, 0.2) is 0 Å². The molecule has 0 bridgehead atoms. The van der Waals surface area contributed by atoms with Crippen LogP contribution in [0.2, 0.25) is 0 Å². The lowest BCUT2D eigenvalue weighted by atomic mass is 9.68. The van der Waals surface area contributed by atoms with Crippen molar-refractivity contribution in [2.75, 3.05) is 0 Å². The van der Waals surface area contributed by atoms with Crippen molar-refractivity contribution in [3.8, 4) is 0 Å². The van der Waals surface area contributed by atoms with Gasteiger partial charge in [0.25, 0.3) is 0 Å². The highest BCUT2D eigenvalue weighted by Crippen LogP contribution is 2.41. The minimum Gasteiger partial charge on any atom is -0.458 e. The Hall–Kier alpha value is -1.05.